The number of hydrogen-bond acceptors (Lipinski definition) is 3. The van der Waals surface area contributed by atoms with Crippen LogP contribution in [0.2, 0.25) is 0 Å². The normalized spacial score (nSPS) is 11.6. The predicted molar refractivity (Wildman–Crippen MR) is 81.1 cm³/mol. The Morgan fingerprint density at radius 1 is 1.00 bits per heavy atom. The van der Waals surface area contributed by atoms with Gasteiger partial charge in [-0.3, -0.25) is 0 Å². The van der Waals surface area contributed by atoms with Gasteiger partial charge in [0.2, 0.25) is 10.0 Å². The van der Waals surface area contributed by atoms with Crippen molar-refractivity contribution in [2.24, 2.45) is 0 Å². The van der Waals surface area contributed by atoms with Crippen molar-refractivity contribution in [3.05, 3.63) is 60.2 Å². The Bertz CT molecular complexity index is 667. The maximum Gasteiger partial charge on any atom is 0.242 e. The molecule has 0 bridgehead atoms. The van der Waals surface area contributed by atoms with E-state index in [1.54, 1.807) is 18.2 Å². The summed E-state index contributed by atoms with van der Waals surface area (Å²) in [5.41, 5.74) is 1.94. The zero-order valence-corrected chi connectivity index (χ0v) is 12.4. The summed E-state index contributed by atoms with van der Waals surface area (Å²) in [4.78, 5) is 0.292. The van der Waals surface area contributed by atoms with Crippen molar-refractivity contribution in [2.45, 2.75) is 11.4 Å². The van der Waals surface area contributed by atoms with Crippen molar-refractivity contribution in [2.75, 3.05) is 19.4 Å². The quantitative estimate of drug-likeness (QED) is 0.920. The summed E-state index contributed by atoms with van der Waals surface area (Å²) in [5.74, 6) is 0. The molecule has 0 unspecified atom stereocenters. The van der Waals surface area contributed by atoms with Gasteiger partial charge < -0.3 is 5.32 Å². The van der Waals surface area contributed by atoms with E-state index in [9.17, 15) is 8.42 Å². The van der Waals surface area contributed by atoms with E-state index in [-0.39, 0.29) is 0 Å². The number of rotatable bonds is 5. The molecule has 0 aliphatic heterocycles. The van der Waals surface area contributed by atoms with Gasteiger partial charge >= 0.3 is 0 Å². The second kappa shape index (κ2) is 6.07. The topological polar surface area (TPSA) is 49.4 Å². The summed E-state index contributed by atoms with van der Waals surface area (Å²) >= 11 is 0. The van der Waals surface area contributed by atoms with Crippen LogP contribution < -0.4 is 5.32 Å². The molecule has 5 heteroatoms. The number of anilines is 1. The van der Waals surface area contributed by atoms with E-state index < -0.39 is 10.0 Å². The third kappa shape index (κ3) is 3.37. The third-order valence-corrected chi connectivity index (χ3v) is 4.76. The molecule has 0 aliphatic carbocycles. The van der Waals surface area contributed by atoms with Crippen molar-refractivity contribution < 1.29 is 8.42 Å². The van der Waals surface area contributed by atoms with Crippen molar-refractivity contribution in [1.82, 2.24) is 4.31 Å². The first-order chi connectivity index (χ1) is 9.50. The van der Waals surface area contributed by atoms with Gasteiger partial charge in [0, 0.05) is 26.3 Å². The lowest BCUT2D eigenvalue weighted by atomic mass is 10.2. The van der Waals surface area contributed by atoms with Crippen molar-refractivity contribution >= 4 is 15.7 Å². The van der Waals surface area contributed by atoms with Crippen LogP contribution in [0.25, 0.3) is 0 Å². The van der Waals surface area contributed by atoms with E-state index in [1.807, 2.05) is 36.4 Å². The molecule has 0 atom stereocenters. The molecule has 0 spiro atoms. The van der Waals surface area contributed by atoms with Crippen LogP contribution in [0.5, 0.6) is 0 Å². The summed E-state index contributed by atoms with van der Waals surface area (Å²) in [6.45, 7) is 0.659. The van der Waals surface area contributed by atoms with E-state index in [1.165, 1.54) is 18.4 Å². The number of hydrogen-bond donors (Lipinski definition) is 1. The fourth-order valence-corrected chi connectivity index (χ4v) is 2.73. The molecular formula is C15H18N2O2S. The molecule has 1 N–H and O–H groups in total. The highest BCUT2D eigenvalue weighted by Gasteiger charge is 2.16. The minimum Gasteiger partial charge on any atom is -0.381 e. The Hall–Kier alpha value is -1.85. The van der Waals surface area contributed by atoms with Crippen LogP contribution in [0.1, 0.15) is 5.56 Å². The summed E-state index contributed by atoms with van der Waals surface area (Å²) < 4.78 is 25.3. The lowest BCUT2D eigenvalue weighted by Crippen LogP contribution is -2.22. The Balaban J connectivity index is 2.15. The van der Waals surface area contributed by atoms with Gasteiger partial charge in [-0.25, -0.2) is 12.7 Å². The number of nitrogens with one attached hydrogen (secondary N) is 1. The van der Waals surface area contributed by atoms with E-state index in [2.05, 4.69) is 5.32 Å². The van der Waals surface area contributed by atoms with E-state index in [0.29, 0.717) is 11.4 Å². The van der Waals surface area contributed by atoms with Crippen LogP contribution in [0, 0.1) is 0 Å². The molecule has 106 valence electrons. The van der Waals surface area contributed by atoms with Crippen LogP contribution >= 0.6 is 0 Å². The Labute approximate surface area is 120 Å². The zero-order chi connectivity index (χ0) is 14.6. The molecule has 20 heavy (non-hydrogen) atoms. The standard InChI is InChI=1S/C15H18N2O2S/c1-17(2)20(18,19)15-10-6-9-14(11-15)16-12-13-7-4-3-5-8-13/h3-11,16H,12H2,1-2H3. The first-order valence-corrected chi connectivity index (χ1v) is 7.74. The van der Waals surface area contributed by atoms with Crippen LogP contribution in [-0.4, -0.2) is 26.8 Å². The molecule has 0 aliphatic rings. The Morgan fingerprint density at radius 3 is 2.35 bits per heavy atom. The van der Waals surface area contributed by atoms with Gasteiger partial charge in [0.25, 0.3) is 0 Å². The molecule has 2 aromatic rings. The average Bonchev–Trinajstić information content (AvgIpc) is 2.46. The molecule has 2 aromatic carbocycles. The summed E-state index contributed by atoms with van der Waals surface area (Å²) in [7, 11) is -0.335. The molecular weight excluding hydrogens is 272 g/mol. The highest BCUT2D eigenvalue weighted by molar-refractivity contribution is 7.89. The molecule has 0 amide bonds. The van der Waals surface area contributed by atoms with Gasteiger partial charge in [-0.05, 0) is 23.8 Å². The number of nitrogens with zero attached hydrogens (tertiary/aromatic N) is 1. The summed E-state index contributed by atoms with van der Waals surface area (Å²) in [6.07, 6.45) is 0. The van der Waals surface area contributed by atoms with Gasteiger partial charge in [0.15, 0.2) is 0 Å². The highest BCUT2D eigenvalue weighted by Crippen LogP contribution is 2.18. The van der Waals surface area contributed by atoms with Gasteiger partial charge in [-0.2, -0.15) is 0 Å². The monoisotopic (exact) mass is 290 g/mol. The van der Waals surface area contributed by atoms with Gasteiger partial charge in [0.1, 0.15) is 0 Å². The van der Waals surface area contributed by atoms with Gasteiger partial charge in [0.05, 0.1) is 4.90 Å². The summed E-state index contributed by atoms with van der Waals surface area (Å²) in [5, 5.41) is 3.23. The van der Waals surface area contributed by atoms with Gasteiger partial charge in [-0.15, -0.1) is 0 Å². The smallest absolute Gasteiger partial charge is 0.242 e. The van der Waals surface area contributed by atoms with Gasteiger partial charge in [-0.1, -0.05) is 36.4 Å². The van der Waals surface area contributed by atoms with E-state index in [0.717, 1.165) is 11.3 Å². The zero-order valence-electron chi connectivity index (χ0n) is 11.6. The minimum absolute atomic E-state index is 0.292. The van der Waals surface area contributed by atoms with Crippen LogP contribution in [0.4, 0.5) is 5.69 Å². The first kappa shape index (κ1) is 14.6. The minimum atomic E-state index is -3.39. The van der Waals surface area contributed by atoms with Crippen LogP contribution in [0.15, 0.2) is 59.5 Å². The maximum absolute atomic E-state index is 12.1. The third-order valence-electron chi connectivity index (χ3n) is 2.95. The van der Waals surface area contributed by atoms with Crippen molar-refractivity contribution in [3.63, 3.8) is 0 Å². The molecule has 0 fully saturated rings. The predicted octanol–water partition coefficient (Wildman–Crippen LogP) is 2.55. The maximum atomic E-state index is 12.1. The fraction of sp³-hybridized carbons (Fsp3) is 0.200. The van der Waals surface area contributed by atoms with Crippen LogP contribution in [0.3, 0.4) is 0 Å². The van der Waals surface area contributed by atoms with Crippen molar-refractivity contribution in [1.29, 1.82) is 0 Å². The second-order valence-electron chi connectivity index (χ2n) is 4.65. The summed E-state index contributed by atoms with van der Waals surface area (Å²) in [6, 6.07) is 16.8. The lowest BCUT2D eigenvalue weighted by molar-refractivity contribution is 0.521. The second-order valence-corrected chi connectivity index (χ2v) is 6.81. The highest BCUT2D eigenvalue weighted by atomic mass is 32.2. The molecule has 2 rings (SSSR count). The molecule has 0 heterocycles. The number of sulfonamides is 1. The average molecular weight is 290 g/mol. The fourth-order valence-electron chi connectivity index (χ4n) is 1.78. The molecule has 0 radical (unpaired) electrons. The SMILES string of the molecule is CN(C)S(=O)(=O)c1cccc(NCc2ccccc2)c1. The van der Waals surface area contributed by atoms with Crippen LogP contribution in [-0.2, 0) is 16.6 Å². The molecule has 0 aromatic heterocycles. The molecule has 4 nitrogen and oxygen atoms in total. The Kier molecular flexibility index (Phi) is 4.42. The first-order valence-electron chi connectivity index (χ1n) is 6.30. The van der Waals surface area contributed by atoms with E-state index in [4.69, 9.17) is 0 Å². The number of benzene rings is 2. The molecule has 0 saturated heterocycles. The Morgan fingerprint density at radius 2 is 1.70 bits per heavy atom. The van der Waals surface area contributed by atoms with E-state index >= 15 is 0 Å². The largest absolute Gasteiger partial charge is 0.381 e. The molecule has 0 saturated carbocycles. The lowest BCUT2D eigenvalue weighted by Gasteiger charge is -2.13. The van der Waals surface area contributed by atoms with Crippen molar-refractivity contribution in [3.8, 4) is 0 Å².